The molecule has 1 aliphatic carbocycles. The molecule has 1 saturated carbocycles. The van der Waals surface area contributed by atoms with Crippen molar-refractivity contribution in [2.75, 3.05) is 11.5 Å². The van der Waals surface area contributed by atoms with Gasteiger partial charge in [0.1, 0.15) is 5.69 Å². The lowest BCUT2D eigenvalue weighted by molar-refractivity contribution is 0.0675. The number of carbonyl (C=O) groups is 1. The Bertz CT molecular complexity index is 872. The third kappa shape index (κ3) is 3.61. The summed E-state index contributed by atoms with van der Waals surface area (Å²) in [5, 5.41) is 7.14. The van der Waals surface area contributed by atoms with Crippen molar-refractivity contribution in [3.63, 3.8) is 0 Å². The third-order valence-corrected chi connectivity index (χ3v) is 6.69. The topological polar surface area (TPSA) is 83.1 Å². The number of H-pyrrole nitrogens is 1. The van der Waals surface area contributed by atoms with Gasteiger partial charge in [0.2, 0.25) is 0 Å². The fourth-order valence-corrected chi connectivity index (χ4v) is 5.10. The number of sulfone groups is 1. The van der Waals surface area contributed by atoms with Crippen LogP contribution in [0.4, 0.5) is 0 Å². The van der Waals surface area contributed by atoms with E-state index in [1.807, 2.05) is 36.4 Å². The molecule has 132 valence electrons. The maximum atomic E-state index is 13.1. The van der Waals surface area contributed by atoms with Gasteiger partial charge in [-0.2, -0.15) is 5.10 Å². The van der Waals surface area contributed by atoms with Gasteiger partial charge in [0.25, 0.3) is 5.91 Å². The highest BCUT2D eigenvalue weighted by atomic mass is 32.2. The average molecular weight is 359 g/mol. The SMILES string of the molecule is O=C(c1cc(C2CC2)[nH]n1)N(Cc1ccccc1)[C@H]1CCS(=O)(=O)C1. The summed E-state index contributed by atoms with van der Waals surface area (Å²) in [5.74, 6) is 0.466. The second-order valence-corrected chi connectivity index (χ2v) is 9.19. The summed E-state index contributed by atoms with van der Waals surface area (Å²) in [6.45, 7) is 0.394. The van der Waals surface area contributed by atoms with Crippen molar-refractivity contribution in [1.29, 1.82) is 0 Å². The Morgan fingerprint density at radius 3 is 2.60 bits per heavy atom. The molecule has 1 atom stereocenters. The molecule has 4 rings (SSSR count). The zero-order valence-electron chi connectivity index (χ0n) is 13.9. The van der Waals surface area contributed by atoms with Crippen molar-refractivity contribution in [3.05, 3.63) is 53.3 Å². The Balaban J connectivity index is 1.60. The van der Waals surface area contributed by atoms with Crippen LogP contribution in [0.25, 0.3) is 0 Å². The normalized spacial score (nSPS) is 22.0. The van der Waals surface area contributed by atoms with Gasteiger partial charge >= 0.3 is 0 Å². The molecule has 1 amide bonds. The fourth-order valence-electron chi connectivity index (χ4n) is 3.36. The molecule has 25 heavy (non-hydrogen) atoms. The second kappa shape index (κ2) is 6.29. The number of amides is 1. The molecule has 7 heteroatoms. The predicted molar refractivity (Wildman–Crippen MR) is 93.9 cm³/mol. The zero-order valence-corrected chi connectivity index (χ0v) is 14.7. The zero-order chi connectivity index (χ0) is 17.4. The Hall–Kier alpha value is -2.15. The van der Waals surface area contributed by atoms with Crippen molar-refractivity contribution >= 4 is 15.7 Å². The van der Waals surface area contributed by atoms with Gasteiger partial charge in [-0.3, -0.25) is 9.89 Å². The maximum Gasteiger partial charge on any atom is 0.274 e. The van der Waals surface area contributed by atoms with E-state index in [2.05, 4.69) is 10.2 Å². The van der Waals surface area contributed by atoms with E-state index in [0.717, 1.165) is 24.1 Å². The van der Waals surface area contributed by atoms with E-state index >= 15 is 0 Å². The summed E-state index contributed by atoms with van der Waals surface area (Å²) in [4.78, 5) is 14.7. The van der Waals surface area contributed by atoms with Crippen LogP contribution in [-0.4, -0.2) is 47.0 Å². The second-order valence-electron chi connectivity index (χ2n) is 6.96. The van der Waals surface area contributed by atoms with Crippen molar-refractivity contribution in [2.24, 2.45) is 0 Å². The van der Waals surface area contributed by atoms with Crippen molar-refractivity contribution < 1.29 is 13.2 Å². The highest BCUT2D eigenvalue weighted by Gasteiger charge is 2.36. The van der Waals surface area contributed by atoms with Gasteiger partial charge in [0.05, 0.1) is 11.5 Å². The quantitative estimate of drug-likeness (QED) is 0.886. The molecule has 2 aliphatic rings. The minimum absolute atomic E-state index is 0.0332. The predicted octanol–water partition coefficient (Wildman–Crippen LogP) is 2.12. The number of nitrogens with zero attached hydrogens (tertiary/aromatic N) is 2. The first-order valence-corrected chi connectivity index (χ1v) is 10.4. The van der Waals surface area contributed by atoms with Crippen LogP contribution in [0, 0.1) is 0 Å². The van der Waals surface area contributed by atoms with Crippen LogP contribution in [0.1, 0.15) is 46.9 Å². The first kappa shape index (κ1) is 16.3. The molecule has 1 aliphatic heterocycles. The summed E-state index contributed by atoms with van der Waals surface area (Å²) in [7, 11) is -3.07. The Morgan fingerprint density at radius 2 is 1.96 bits per heavy atom. The molecular weight excluding hydrogens is 338 g/mol. The molecule has 6 nitrogen and oxygen atoms in total. The van der Waals surface area contributed by atoms with Crippen LogP contribution < -0.4 is 0 Å². The largest absolute Gasteiger partial charge is 0.329 e. The molecule has 0 spiro atoms. The summed E-state index contributed by atoms with van der Waals surface area (Å²) < 4.78 is 23.8. The van der Waals surface area contributed by atoms with E-state index in [1.165, 1.54) is 0 Å². The number of rotatable bonds is 5. The number of hydrogen-bond acceptors (Lipinski definition) is 4. The number of carbonyl (C=O) groups excluding carboxylic acids is 1. The van der Waals surface area contributed by atoms with Gasteiger partial charge in [0, 0.05) is 24.2 Å². The smallest absolute Gasteiger partial charge is 0.274 e. The Labute approximate surface area is 147 Å². The molecule has 2 heterocycles. The molecule has 1 N–H and O–H groups in total. The minimum Gasteiger partial charge on any atom is -0.329 e. The van der Waals surface area contributed by atoms with E-state index < -0.39 is 9.84 Å². The standard InChI is InChI=1S/C18H21N3O3S/c22-18(17-10-16(19-20-17)14-6-7-14)21(11-13-4-2-1-3-5-13)15-8-9-25(23,24)12-15/h1-5,10,14-15H,6-9,11-12H2,(H,19,20)/t15-/m0/s1. The average Bonchev–Trinajstić information content (AvgIpc) is 3.22. The molecule has 1 aromatic carbocycles. The Morgan fingerprint density at radius 1 is 1.20 bits per heavy atom. The van der Waals surface area contributed by atoms with Gasteiger partial charge < -0.3 is 4.90 Å². The van der Waals surface area contributed by atoms with Gasteiger partial charge in [-0.1, -0.05) is 30.3 Å². The molecule has 1 saturated heterocycles. The van der Waals surface area contributed by atoms with Crippen molar-refractivity contribution in [1.82, 2.24) is 15.1 Å². The fraction of sp³-hybridized carbons (Fsp3) is 0.444. The molecule has 0 radical (unpaired) electrons. The van der Waals surface area contributed by atoms with Crippen LogP contribution >= 0.6 is 0 Å². The van der Waals surface area contributed by atoms with Gasteiger partial charge in [-0.05, 0) is 30.9 Å². The molecule has 0 unspecified atom stereocenters. The van der Waals surface area contributed by atoms with Gasteiger partial charge in [0.15, 0.2) is 9.84 Å². The van der Waals surface area contributed by atoms with Crippen molar-refractivity contribution in [3.8, 4) is 0 Å². The lowest BCUT2D eigenvalue weighted by atomic mass is 10.1. The van der Waals surface area contributed by atoms with Crippen LogP contribution in [-0.2, 0) is 16.4 Å². The monoisotopic (exact) mass is 359 g/mol. The summed E-state index contributed by atoms with van der Waals surface area (Å²) in [6.07, 6.45) is 2.75. The van der Waals surface area contributed by atoms with E-state index in [0.29, 0.717) is 24.6 Å². The van der Waals surface area contributed by atoms with Crippen LogP contribution in [0.15, 0.2) is 36.4 Å². The number of hydrogen-bond donors (Lipinski definition) is 1. The Kier molecular flexibility index (Phi) is 4.11. The van der Waals surface area contributed by atoms with Gasteiger partial charge in [-0.15, -0.1) is 0 Å². The van der Waals surface area contributed by atoms with E-state index in [9.17, 15) is 13.2 Å². The summed E-state index contributed by atoms with van der Waals surface area (Å²) in [5.41, 5.74) is 2.36. The van der Waals surface area contributed by atoms with E-state index in [4.69, 9.17) is 0 Å². The molecule has 1 aromatic heterocycles. The number of aromatic amines is 1. The highest BCUT2D eigenvalue weighted by molar-refractivity contribution is 7.91. The van der Waals surface area contributed by atoms with Crippen LogP contribution in [0.5, 0.6) is 0 Å². The molecule has 0 bridgehead atoms. The highest BCUT2D eigenvalue weighted by Crippen LogP contribution is 2.39. The summed E-state index contributed by atoms with van der Waals surface area (Å²) >= 11 is 0. The lowest BCUT2D eigenvalue weighted by Gasteiger charge is -2.27. The first-order valence-electron chi connectivity index (χ1n) is 8.62. The maximum absolute atomic E-state index is 13.1. The first-order chi connectivity index (χ1) is 12.0. The molecule has 2 fully saturated rings. The number of aromatic nitrogens is 2. The van der Waals surface area contributed by atoms with Crippen LogP contribution in [0.3, 0.4) is 0 Å². The van der Waals surface area contributed by atoms with Crippen molar-refractivity contribution in [2.45, 2.75) is 37.8 Å². The summed E-state index contributed by atoms with van der Waals surface area (Å²) in [6, 6.07) is 11.2. The van der Waals surface area contributed by atoms with E-state index in [-0.39, 0.29) is 23.5 Å². The third-order valence-electron chi connectivity index (χ3n) is 4.94. The van der Waals surface area contributed by atoms with E-state index in [1.54, 1.807) is 4.90 Å². The minimum atomic E-state index is -3.07. The number of benzene rings is 1. The molecular formula is C18H21N3O3S. The van der Waals surface area contributed by atoms with Crippen LogP contribution in [0.2, 0.25) is 0 Å². The van der Waals surface area contributed by atoms with Gasteiger partial charge in [-0.25, -0.2) is 8.42 Å². The lowest BCUT2D eigenvalue weighted by Crippen LogP contribution is -2.40. The number of nitrogens with one attached hydrogen (secondary N) is 1. The molecule has 2 aromatic rings.